The van der Waals surface area contributed by atoms with E-state index >= 15 is 0 Å². The second-order valence-corrected chi connectivity index (χ2v) is 3.44. The van der Waals surface area contributed by atoms with E-state index in [9.17, 15) is 0 Å². The van der Waals surface area contributed by atoms with Gasteiger partial charge in [0.25, 0.3) is 0 Å². The predicted molar refractivity (Wildman–Crippen MR) is 52.1 cm³/mol. The van der Waals surface area contributed by atoms with Gasteiger partial charge < -0.3 is 10.7 Å². The van der Waals surface area contributed by atoms with Gasteiger partial charge in [0.1, 0.15) is 0 Å². The van der Waals surface area contributed by atoms with E-state index in [1.165, 1.54) is 17.0 Å². The molecule has 2 heteroatoms. The first-order valence-corrected chi connectivity index (χ1v) is 4.56. The molecule has 0 fully saturated rings. The summed E-state index contributed by atoms with van der Waals surface area (Å²) in [5, 5.41) is 0. The summed E-state index contributed by atoms with van der Waals surface area (Å²) in [6.07, 6.45) is 2.19. The van der Waals surface area contributed by atoms with Crippen LogP contribution in [0.25, 0.3) is 0 Å². The van der Waals surface area contributed by atoms with Gasteiger partial charge >= 0.3 is 0 Å². The summed E-state index contributed by atoms with van der Waals surface area (Å²) in [6, 6.07) is 2.33. The quantitative estimate of drug-likeness (QED) is 0.711. The van der Waals surface area contributed by atoms with E-state index in [2.05, 4.69) is 31.8 Å². The molecule has 0 saturated heterocycles. The number of aromatic nitrogens is 1. The highest BCUT2D eigenvalue weighted by Crippen LogP contribution is 2.19. The van der Waals surface area contributed by atoms with Crippen LogP contribution < -0.4 is 5.73 Å². The van der Waals surface area contributed by atoms with E-state index < -0.39 is 0 Å². The third kappa shape index (κ3) is 1.89. The second-order valence-electron chi connectivity index (χ2n) is 3.44. The third-order valence-electron chi connectivity index (χ3n) is 2.16. The number of nitrogens with two attached hydrogens (primary N) is 1. The molecule has 0 saturated carbocycles. The molecule has 0 aliphatic carbocycles. The minimum absolute atomic E-state index is 0.184. The average Bonchev–Trinajstić information content (AvgIpc) is 2.30. The topological polar surface area (TPSA) is 41.8 Å². The Hall–Kier alpha value is -0.760. The van der Waals surface area contributed by atoms with Crippen LogP contribution in [0.4, 0.5) is 0 Å². The molecule has 1 atom stereocenters. The van der Waals surface area contributed by atoms with Crippen molar-refractivity contribution in [3.05, 3.63) is 23.0 Å². The molecule has 1 rings (SSSR count). The third-order valence-corrected chi connectivity index (χ3v) is 2.16. The zero-order valence-corrected chi connectivity index (χ0v) is 8.15. The first-order valence-electron chi connectivity index (χ1n) is 4.56. The van der Waals surface area contributed by atoms with Crippen LogP contribution in [0.2, 0.25) is 0 Å². The summed E-state index contributed by atoms with van der Waals surface area (Å²) >= 11 is 0. The highest BCUT2D eigenvalue weighted by Gasteiger charge is 2.09. The summed E-state index contributed by atoms with van der Waals surface area (Å²) < 4.78 is 0. The SMILES string of the molecule is CCC[C@H](N)c1[nH]c(C)cc1C. The Morgan fingerprint density at radius 1 is 1.50 bits per heavy atom. The Balaban J connectivity index is 2.79. The molecule has 0 unspecified atom stereocenters. The molecular formula is C10H18N2. The minimum Gasteiger partial charge on any atom is -0.361 e. The molecule has 3 N–H and O–H groups in total. The fourth-order valence-corrected chi connectivity index (χ4v) is 1.59. The van der Waals surface area contributed by atoms with Gasteiger partial charge in [-0.2, -0.15) is 0 Å². The van der Waals surface area contributed by atoms with Crippen LogP contribution in [0.3, 0.4) is 0 Å². The van der Waals surface area contributed by atoms with Crippen molar-refractivity contribution in [1.82, 2.24) is 4.98 Å². The maximum atomic E-state index is 5.99. The fourth-order valence-electron chi connectivity index (χ4n) is 1.59. The van der Waals surface area contributed by atoms with Gasteiger partial charge in [-0.15, -0.1) is 0 Å². The number of H-pyrrole nitrogens is 1. The first-order chi connectivity index (χ1) is 5.65. The Kier molecular flexibility index (Phi) is 2.93. The van der Waals surface area contributed by atoms with E-state index in [-0.39, 0.29) is 6.04 Å². The molecule has 0 aromatic carbocycles. The van der Waals surface area contributed by atoms with Gasteiger partial charge in [0.15, 0.2) is 0 Å². The molecular weight excluding hydrogens is 148 g/mol. The first kappa shape index (κ1) is 9.33. The largest absolute Gasteiger partial charge is 0.361 e. The van der Waals surface area contributed by atoms with E-state index in [1.54, 1.807) is 0 Å². The average molecular weight is 166 g/mol. The highest BCUT2D eigenvalue weighted by atomic mass is 14.8. The number of rotatable bonds is 3. The van der Waals surface area contributed by atoms with Crippen LogP contribution in [-0.2, 0) is 0 Å². The molecule has 0 radical (unpaired) electrons. The zero-order chi connectivity index (χ0) is 9.14. The lowest BCUT2D eigenvalue weighted by Gasteiger charge is -2.09. The maximum Gasteiger partial charge on any atom is 0.0450 e. The molecule has 68 valence electrons. The van der Waals surface area contributed by atoms with Crippen LogP contribution >= 0.6 is 0 Å². The van der Waals surface area contributed by atoms with E-state index in [0.29, 0.717) is 0 Å². The minimum atomic E-state index is 0.184. The van der Waals surface area contributed by atoms with Crippen LogP contribution in [0, 0.1) is 13.8 Å². The Morgan fingerprint density at radius 2 is 2.17 bits per heavy atom. The smallest absolute Gasteiger partial charge is 0.0450 e. The van der Waals surface area contributed by atoms with Crippen LogP contribution in [0.5, 0.6) is 0 Å². The van der Waals surface area contributed by atoms with Crippen molar-refractivity contribution >= 4 is 0 Å². The summed E-state index contributed by atoms with van der Waals surface area (Å²) in [5.41, 5.74) is 9.68. The molecule has 12 heavy (non-hydrogen) atoms. The molecule has 0 amide bonds. The van der Waals surface area contributed by atoms with Crippen molar-refractivity contribution in [2.24, 2.45) is 5.73 Å². The van der Waals surface area contributed by atoms with Crippen LogP contribution in [0.15, 0.2) is 6.07 Å². The number of nitrogens with one attached hydrogen (secondary N) is 1. The zero-order valence-electron chi connectivity index (χ0n) is 8.15. The van der Waals surface area contributed by atoms with Gasteiger partial charge in [-0.1, -0.05) is 13.3 Å². The lowest BCUT2D eigenvalue weighted by Crippen LogP contribution is -2.11. The highest BCUT2D eigenvalue weighted by molar-refractivity contribution is 5.26. The number of aromatic amines is 1. The van der Waals surface area contributed by atoms with Crippen molar-refractivity contribution in [2.45, 2.75) is 39.7 Å². The summed E-state index contributed by atoms with van der Waals surface area (Å²) in [4.78, 5) is 3.30. The normalized spacial score (nSPS) is 13.3. The number of aryl methyl sites for hydroxylation is 2. The maximum absolute atomic E-state index is 5.99. The summed E-state index contributed by atoms with van der Waals surface area (Å²) in [7, 11) is 0. The van der Waals surface area contributed by atoms with Crippen molar-refractivity contribution in [2.75, 3.05) is 0 Å². The van der Waals surface area contributed by atoms with Crippen LogP contribution in [0.1, 0.15) is 42.8 Å². The second kappa shape index (κ2) is 3.76. The van der Waals surface area contributed by atoms with Gasteiger partial charge in [-0.05, 0) is 31.9 Å². The van der Waals surface area contributed by atoms with E-state index in [4.69, 9.17) is 5.73 Å². The van der Waals surface area contributed by atoms with Crippen molar-refractivity contribution in [1.29, 1.82) is 0 Å². The fraction of sp³-hybridized carbons (Fsp3) is 0.600. The van der Waals surface area contributed by atoms with E-state index in [1.807, 2.05) is 0 Å². The van der Waals surface area contributed by atoms with Crippen molar-refractivity contribution in [3.63, 3.8) is 0 Å². The molecule has 1 heterocycles. The van der Waals surface area contributed by atoms with Crippen molar-refractivity contribution in [3.8, 4) is 0 Å². The molecule has 0 bridgehead atoms. The molecule has 1 aromatic rings. The Labute approximate surface area is 74.2 Å². The van der Waals surface area contributed by atoms with Gasteiger partial charge in [-0.3, -0.25) is 0 Å². The summed E-state index contributed by atoms with van der Waals surface area (Å²) in [6.45, 7) is 6.33. The molecule has 0 aliphatic rings. The monoisotopic (exact) mass is 166 g/mol. The molecule has 1 aromatic heterocycles. The predicted octanol–water partition coefficient (Wildman–Crippen LogP) is 2.43. The van der Waals surface area contributed by atoms with Gasteiger partial charge in [0, 0.05) is 17.4 Å². The van der Waals surface area contributed by atoms with Gasteiger partial charge in [0.2, 0.25) is 0 Å². The molecule has 0 spiro atoms. The van der Waals surface area contributed by atoms with Crippen LogP contribution in [-0.4, -0.2) is 4.98 Å². The van der Waals surface area contributed by atoms with Gasteiger partial charge in [-0.25, -0.2) is 0 Å². The summed E-state index contributed by atoms with van der Waals surface area (Å²) in [5.74, 6) is 0. The standard InChI is InChI=1S/C10H18N2/c1-4-5-9(11)10-7(2)6-8(3)12-10/h6,9,12H,4-5,11H2,1-3H3/t9-/m0/s1. The Bertz CT molecular complexity index is 250. The molecule has 0 aliphatic heterocycles. The van der Waals surface area contributed by atoms with Crippen molar-refractivity contribution < 1.29 is 0 Å². The lowest BCUT2D eigenvalue weighted by molar-refractivity contribution is 0.621. The molecule has 2 nitrogen and oxygen atoms in total. The Morgan fingerprint density at radius 3 is 2.58 bits per heavy atom. The van der Waals surface area contributed by atoms with Gasteiger partial charge in [0.05, 0.1) is 0 Å². The van der Waals surface area contributed by atoms with E-state index in [0.717, 1.165) is 12.8 Å². The number of hydrogen-bond acceptors (Lipinski definition) is 1. The number of hydrogen-bond donors (Lipinski definition) is 2. The lowest BCUT2D eigenvalue weighted by atomic mass is 10.1.